The van der Waals surface area contributed by atoms with E-state index in [1.807, 2.05) is 0 Å². The van der Waals surface area contributed by atoms with Crippen LogP contribution in [0.1, 0.15) is 0 Å². The maximum absolute atomic E-state index is 9.64. The van der Waals surface area contributed by atoms with Crippen molar-refractivity contribution in [1.29, 1.82) is 0 Å². The predicted octanol–water partition coefficient (Wildman–Crippen LogP) is -0.303. The van der Waals surface area contributed by atoms with Crippen LogP contribution >= 0.6 is 11.6 Å². The molecule has 2 unspecified atom stereocenters. The normalized spacial score (nSPS) is 17.9. The molecule has 2 atom stereocenters. The van der Waals surface area contributed by atoms with Crippen LogP contribution in [-0.2, 0) is 15.5 Å². The van der Waals surface area contributed by atoms with Crippen LogP contribution in [0.15, 0.2) is 0 Å². The highest BCUT2D eigenvalue weighted by Gasteiger charge is 2.03. The summed E-state index contributed by atoms with van der Waals surface area (Å²) in [5.74, 6) is -0.216. The van der Waals surface area contributed by atoms with Gasteiger partial charge in [-0.05, 0) is 0 Å². The zero-order valence-corrected chi connectivity index (χ0v) is 5.35. The minimum Gasteiger partial charge on any atom is -0.366 e. The van der Waals surface area contributed by atoms with E-state index in [0.717, 1.165) is 0 Å². The third kappa shape index (κ3) is 4.48. The minimum atomic E-state index is -2.43. The maximum atomic E-state index is 9.64. The van der Waals surface area contributed by atoms with E-state index in [1.54, 1.807) is 0 Å². The fraction of sp³-hybridized carbons (Fsp3) is 1.00. The number of hydrogen-bond donors (Lipinski definition) is 2. The Kier molecular flexibility index (Phi) is 4.39. The van der Waals surface area contributed by atoms with E-state index in [9.17, 15) is 4.21 Å². The molecule has 0 aromatic heterocycles. The molecule has 0 radical (unpaired) electrons. The van der Waals surface area contributed by atoms with Crippen molar-refractivity contribution in [3.8, 4) is 0 Å². The molecule has 0 aliphatic heterocycles. The number of alkyl halides is 1. The van der Waals surface area contributed by atoms with Gasteiger partial charge in [0.05, 0.1) is 5.88 Å². The smallest absolute Gasteiger partial charge is 0.304 e. The van der Waals surface area contributed by atoms with Gasteiger partial charge in [0.25, 0.3) is 0 Å². The molecule has 0 amide bonds. The number of halogens is 1. The van der Waals surface area contributed by atoms with Crippen molar-refractivity contribution in [1.82, 2.24) is 0 Å². The minimum absolute atomic E-state index is 0.216. The highest BCUT2D eigenvalue weighted by Crippen LogP contribution is 1.91. The van der Waals surface area contributed by atoms with Gasteiger partial charge in [-0.3, -0.25) is 4.55 Å². The fourth-order valence-electron chi connectivity index (χ4n) is 0.121. The summed E-state index contributed by atoms with van der Waals surface area (Å²) in [5, 5.41) is 8.32. The van der Waals surface area contributed by atoms with Crippen LogP contribution in [0.5, 0.6) is 0 Å². The van der Waals surface area contributed by atoms with Crippen molar-refractivity contribution < 1.29 is 18.1 Å². The first-order chi connectivity index (χ1) is 3.66. The van der Waals surface area contributed by atoms with Crippen LogP contribution in [0, 0.1) is 0 Å². The van der Waals surface area contributed by atoms with Crippen molar-refractivity contribution in [2.45, 2.75) is 6.29 Å². The molecule has 0 fully saturated rings. The second kappa shape index (κ2) is 4.22. The Morgan fingerprint density at radius 2 is 2.38 bits per heavy atom. The van der Waals surface area contributed by atoms with E-state index in [2.05, 4.69) is 4.18 Å². The quantitative estimate of drug-likeness (QED) is 0.338. The Morgan fingerprint density at radius 3 is 2.50 bits per heavy atom. The van der Waals surface area contributed by atoms with Gasteiger partial charge < -0.3 is 5.11 Å². The summed E-state index contributed by atoms with van der Waals surface area (Å²) in [6, 6.07) is 0. The lowest BCUT2D eigenvalue weighted by molar-refractivity contribution is 0.00714. The lowest BCUT2D eigenvalue weighted by Gasteiger charge is -2.00. The molecule has 2 N–H and O–H groups in total. The van der Waals surface area contributed by atoms with E-state index in [1.165, 1.54) is 0 Å². The van der Waals surface area contributed by atoms with E-state index in [4.69, 9.17) is 21.3 Å². The first-order valence-electron chi connectivity index (χ1n) is 1.69. The van der Waals surface area contributed by atoms with Gasteiger partial charge in [0.15, 0.2) is 6.29 Å². The Bertz CT molecular complexity index is 86.1. The van der Waals surface area contributed by atoms with E-state index in [-0.39, 0.29) is 5.88 Å². The summed E-state index contributed by atoms with van der Waals surface area (Å²) in [6.45, 7) is 0. The number of rotatable bonds is 3. The summed E-state index contributed by atoms with van der Waals surface area (Å²) in [4.78, 5) is 0. The zero-order valence-electron chi connectivity index (χ0n) is 3.78. The van der Waals surface area contributed by atoms with Gasteiger partial charge in [-0.25, -0.2) is 4.18 Å². The Balaban J connectivity index is 3.24. The summed E-state index contributed by atoms with van der Waals surface area (Å²) >= 11 is 2.55. The molecule has 6 heteroatoms. The van der Waals surface area contributed by atoms with Crippen LogP contribution in [0.25, 0.3) is 0 Å². The summed E-state index contributed by atoms with van der Waals surface area (Å²) in [5.41, 5.74) is 0. The van der Waals surface area contributed by atoms with E-state index >= 15 is 0 Å². The Hall–Kier alpha value is 0.320. The zero-order chi connectivity index (χ0) is 6.57. The highest BCUT2D eigenvalue weighted by atomic mass is 35.5. The first kappa shape index (κ1) is 8.32. The lowest BCUT2D eigenvalue weighted by atomic mass is 10.8. The predicted molar refractivity (Wildman–Crippen MR) is 28.6 cm³/mol. The molecular formula is C2H5ClO4S. The van der Waals surface area contributed by atoms with Gasteiger partial charge in [0, 0.05) is 0 Å². The lowest BCUT2D eigenvalue weighted by Crippen LogP contribution is -2.14. The van der Waals surface area contributed by atoms with Crippen molar-refractivity contribution in [2.24, 2.45) is 0 Å². The number of aliphatic hydroxyl groups excluding tert-OH is 1. The molecule has 0 saturated carbocycles. The Morgan fingerprint density at radius 1 is 1.88 bits per heavy atom. The fourth-order valence-corrected chi connectivity index (χ4v) is 0.517. The third-order valence-electron chi connectivity index (χ3n) is 0.325. The van der Waals surface area contributed by atoms with Crippen molar-refractivity contribution in [3.05, 3.63) is 0 Å². The van der Waals surface area contributed by atoms with Gasteiger partial charge in [0.2, 0.25) is 0 Å². The van der Waals surface area contributed by atoms with Crippen LogP contribution in [0.2, 0.25) is 0 Å². The van der Waals surface area contributed by atoms with Gasteiger partial charge in [-0.15, -0.1) is 11.6 Å². The summed E-state index contributed by atoms with van der Waals surface area (Å²) in [7, 11) is 0. The van der Waals surface area contributed by atoms with Crippen LogP contribution < -0.4 is 0 Å². The average Bonchev–Trinajstić information content (AvgIpc) is 1.65. The van der Waals surface area contributed by atoms with E-state index in [0.29, 0.717) is 0 Å². The van der Waals surface area contributed by atoms with Gasteiger partial charge >= 0.3 is 11.4 Å². The van der Waals surface area contributed by atoms with Crippen molar-refractivity contribution in [2.75, 3.05) is 5.88 Å². The molecular weight excluding hydrogens is 156 g/mol. The number of aliphatic hydroxyl groups is 1. The van der Waals surface area contributed by atoms with Crippen LogP contribution in [0.3, 0.4) is 0 Å². The van der Waals surface area contributed by atoms with Crippen LogP contribution in [-0.4, -0.2) is 26.0 Å². The molecule has 4 nitrogen and oxygen atoms in total. The molecule has 0 aliphatic rings. The topological polar surface area (TPSA) is 66.8 Å². The molecule has 0 spiro atoms. The van der Waals surface area contributed by atoms with Gasteiger partial charge in [-0.2, -0.15) is 4.21 Å². The SMILES string of the molecule is O=S(O)OC(O)CCl. The molecule has 0 aromatic carbocycles. The second-order valence-corrected chi connectivity index (χ2v) is 1.86. The average molecular weight is 161 g/mol. The monoisotopic (exact) mass is 160 g/mol. The standard InChI is InChI=1S/C2H5ClO4S/c3-1-2(4)7-8(5)6/h2,4H,1H2,(H,5,6). The van der Waals surface area contributed by atoms with Crippen molar-refractivity contribution in [3.63, 3.8) is 0 Å². The molecule has 0 bridgehead atoms. The largest absolute Gasteiger partial charge is 0.366 e. The first-order valence-corrected chi connectivity index (χ1v) is 3.25. The van der Waals surface area contributed by atoms with E-state index < -0.39 is 17.7 Å². The molecule has 0 aliphatic carbocycles. The number of hydrogen-bond acceptors (Lipinski definition) is 3. The molecule has 0 rings (SSSR count). The van der Waals surface area contributed by atoms with Crippen molar-refractivity contribution >= 4 is 23.0 Å². The summed E-state index contributed by atoms with van der Waals surface area (Å²) in [6.07, 6.45) is -1.36. The van der Waals surface area contributed by atoms with Crippen LogP contribution in [0.4, 0.5) is 0 Å². The second-order valence-electron chi connectivity index (χ2n) is 0.922. The summed E-state index contributed by atoms with van der Waals surface area (Å²) < 4.78 is 21.4. The molecule has 0 heterocycles. The molecule has 8 heavy (non-hydrogen) atoms. The maximum Gasteiger partial charge on any atom is 0.304 e. The highest BCUT2D eigenvalue weighted by molar-refractivity contribution is 7.74. The van der Waals surface area contributed by atoms with Gasteiger partial charge in [0.1, 0.15) is 0 Å². The molecule has 50 valence electrons. The Labute approximate surface area is 53.9 Å². The van der Waals surface area contributed by atoms with Gasteiger partial charge in [-0.1, -0.05) is 0 Å². The molecule has 0 aromatic rings. The third-order valence-corrected chi connectivity index (χ3v) is 0.976. The molecule has 0 saturated heterocycles.